The summed E-state index contributed by atoms with van der Waals surface area (Å²) in [5.41, 5.74) is 5.00. The third-order valence-corrected chi connectivity index (χ3v) is 5.66. The van der Waals surface area contributed by atoms with Gasteiger partial charge in [0, 0.05) is 24.3 Å². The van der Waals surface area contributed by atoms with Crippen LogP contribution >= 0.6 is 0 Å². The molecular weight excluding hydrogens is 386 g/mol. The Bertz CT molecular complexity index is 1050. The fourth-order valence-electron chi connectivity index (χ4n) is 3.95. The van der Waals surface area contributed by atoms with Crippen molar-refractivity contribution in [3.8, 4) is 0 Å². The fourth-order valence-corrected chi connectivity index (χ4v) is 3.95. The standard InChI is InChI=1S/C26H27N3O2/c1-2-19-12-14-22(15-13-19)27-26(31)28-23(18-20-8-4-3-5-9-20)25(30)29-17-16-21-10-6-7-11-24(21)29/h3-15,23H,2,16-18H2,1H3,(H2,27,28,31)/t23-/m0/s1. The molecule has 158 valence electrons. The van der Waals surface area contributed by atoms with Crippen molar-refractivity contribution < 1.29 is 9.59 Å². The van der Waals surface area contributed by atoms with Gasteiger partial charge in [-0.1, -0.05) is 67.6 Å². The van der Waals surface area contributed by atoms with E-state index in [4.69, 9.17) is 0 Å². The molecule has 1 aliphatic heterocycles. The predicted molar refractivity (Wildman–Crippen MR) is 124 cm³/mol. The molecule has 0 aliphatic carbocycles. The van der Waals surface area contributed by atoms with Crippen molar-refractivity contribution in [2.75, 3.05) is 16.8 Å². The number of hydrogen-bond donors (Lipinski definition) is 2. The van der Waals surface area contributed by atoms with E-state index in [1.165, 1.54) is 5.56 Å². The molecule has 0 saturated carbocycles. The van der Waals surface area contributed by atoms with Crippen LogP contribution in [-0.4, -0.2) is 24.5 Å². The third kappa shape index (κ3) is 4.94. The number of nitrogens with one attached hydrogen (secondary N) is 2. The van der Waals surface area contributed by atoms with Crippen molar-refractivity contribution in [2.24, 2.45) is 0 Å². The van der Waals surface area contributed by atoms with E-state index in [1.807, 2.05) is 72.8 Å². The normalized spacial score (nSPS) is 13.4. The summed E-state index contributed by atoms with van der Waals surface area (Å²) in [6.45, 7) is 2.72. The van der Waals surface area contributed by atoms with Gasteiger partial charge in [-0.2, -0.15) is 0 Å². The highest BCUT2D eigenvalue weighted by Gasteiger charge is 2.31. The van der Waals surface area contributed by atoms with Crippen LogP contribution in [0.3, 0.4) is 0 Å². The number of fused-ring (bicyclic) bond motifs is 1. The first-order valence-corrected chi connectivity index (χ1v) is 10.7. The van der Waals surface area contributed by atoms with E-state index >= 15 is 0 Å². The largest absolute Gasteiger partial charge is 0.326 e. The molecule has 0 spiro atoms. The summed E-state index contributed by atoms with van der Waals surface area (Å²) < 4.78 is 0. The Hall–Kier alpha value is -3.60. The number of carbonyl (C=O) groups excluding carboxylic acids is 2. The Kier molecular flexibility index (Phi) is 6.32. The maximum atomic E-state index is 13.5. The van der Waals surface area contributed by atoms with Crippen LogP contribution in [0.4, 0.5) is 16.2 Å². The van der Waals surface area contributed by atoms with E-state index in [-0.39, 0.29) is 11.9 Å². The maximum absolute atomic E-state index is 13.5. The van der Waals surface area contributed by atoms with Crippen LogP contribution < -0.4 is 15.5 Å². The minimum atomic E-state index is -0.663. The lowest BCUT2D eigenvalue weighted by atomic mass is 10.0. The molecule has 0 aromatic heterocycles. The number of para-hydroxylation sites is 1. The average Bonchev–Trinajstić information content (AvgIpc) is 3.23. The minimum absolute atomic E-state index is 0.0923. The lowest BCUT2D eigenvalue weighted by molar-refractivity contribution is -0.120. The van der Waals surface area contributed by atoms with E-state index in [9.17, 15) is 9.59 Å². The van der Waals surface area contributed by atoms with Crippen LogP contribution in [0.15, 0.2) is 78.9 Å². The van der Waals surface area contributed by atoms with E-state index in [2.05, 4.69) is 23.6 Å². The quantitative estimate of drug-likeness (QED) is 0.622. The second-order valence-electron chi connectivity index (χ2n) is 7.76. The van der Waals surface area contributed by atoms with E-state index in [1.54, 1.807) is 4.90 Å². The first kappa shape index (κ1) is 20.7. The van der Waals surface area contributed by atoms with Crippen LogP contribution in [0.5, 0.6) is 0 Å². The van der Waals surface area contributed by atoms with Crippen molar-refractivity contribution in [3.05, 3.63) is 95.6 Å². The minimum Gasteiger partial charge on any atom is -0.326 e. The molecular formula is C26H27N3O2. The van der Waals surface area contributed by atoms with Crippen LogP contribution in [0, 0.1) is 0 Å². The Morgan fingerprint density at radius 2 is 1.61 bits per heavy atom. The molecule has 4 rings (SSSR count). The number of aryl methyl sites for hydroxylation is 1. The van der Waals surface area contributed by atoms with Gasteiger partial charge in [0.2, 0.25) is 5.91 Å². The van der Waals surface area contributed by atoms with Crippen molar-refractivity contribution in [1.82, 2.24) is 5.32 Å². The first-order chi connectivity index (χ1) is 15.1. The van der Waals surface area contributed by atoms with Crippen LogP contribution in [-0.2, 0) is 24.1 Å². The topological polar surface area (TPSA) is 61.4 Å². The molecule has 5 nitrogen and oxygen atoms in total. The zero-order valence-corrected chi connectivity index (χ0v) is 17.7. The number of carbonyl (C=O) groups is 2. The van der Waals surface area contributed by atoms with Gasteiger partial charge in [0.25, 0.3) is 0 Å². The first-order valence-electron chi connectivity index (χ1n) is 10.7. The Balaban J connectivity index is 1.51. The number of amides is 3. The maximum Gasteiger partial charge on any atom is 0.319 e. The number of anilines is 2. The monoisotopic (exact) mass is 413 g/mol. The molecule has 0 fully saturated rings. The molecule has 3 aromatic carbocycles. The summed E-state index contributed by atoms with van der Waals surface area (Å²) in [6.07, 6.45) is 2.20. The Morgan fingerprint density at radius 1 is 0.903 bits per heavy atom. The molecule has 0 unspecified atom stereocenters. The number of urea groups is 1. The summed E-state index contributed by atoms with van der Waals surface area (Å²) in [4.78, 5) is 28.0. The van der Waals surface area contributed by atoms with Gasteiger partial charge in [-0.15, -0.1) is 0 Å². The zero-order valence-electron chi connectivity index (χ0n) is 17.7. The number of hydrogen-bond acceptors (Lipinski definition) is 2. The van der Waals surface area contributed by atoms with Crippen LogP contribution in [0.25, 0.3) is 0 Å². The molecule has 3 aromatic rings. The zero-order chi connectivity index (χ0) is 21.6. The molecule has 5 heteroatoms. The predicted octanol–water partition coefficient (Wildman–Crippen LogP) is 4.57. The molecule has 31 heavy (non-hydrogen) atoms. The third-order valence-electron chi connectivity index (χ3n) is 5.66. The highest BCUT2D eigenvalue weighted by molar-refractivity contribution is 6.02. The summed E-state index contributed by atoms with van der Waals surface area (Å²) in [7, 11) is 0. The van der Waals surface area contributed by atoms with E-state index in [0.717, 1.165) is 29.7 Å². The van der Waals surface area contributed by atoms with Gasteiger partial charge in [-0.05, 0) is 47.7 Å². The molecule has 1 atom stereocenters. The summed E-state index contributed by atoms with van der Waals surface area (Å²) in [6, 6.07) is 24.4. The average molecular weight is 414 g/mol. The summed E-state index contributed by atoms with van der Waals surface area (Å²) >= 11 is 0. The second-order valence-corrected chi connectivity index (χ2v) is 7.76. The lowest BCUT2D eigenvalue weighted by Crippen LogP contribution is -2.50. The molecule has 3 amide bonds. The van der Waals surface area contributed by atoms with Crippen molar-refractivity contribution in [1.29, 1.82) is 0 Å². The number of rotatable bonds is 6. The van der Waals surface area contributed by atoms with Gasteiger partial charge in [0.05, 0.1) is 0 Å². The Labute approximate surface area is 183 Å². The molecule has 1 heterocycles. The number of nitrogens with zero attached hydrogens (tertiary/aromatic N) is 1. The van der Waals surface area contributed by atoms with Gasteiger partial charge < -0.3 is 15.5 Å². The van der Waals surface area contributed by atoms with Crippen molar-refractivity contribution >= 4 is 23.3 Å². The highest BCUT2D eigenvalue weighted by atomic mass is 16.2. The van der Waals surface area contributed by atoms with E-state index in [0.29, 0.717) is 18.7 Å². The Morgan fingerprint density at radius 3 is 2.35 bits per heavy atom. The van der Waals surface area contributed by atoms with Gasteiger partial charge in [0.15, 0.2) is 0 Å². The highest BCUT2D eigenvalue weighted by Crippen LogP contribution is 2.28. The second kappa shape index (κ2) is 9.47. The number of benzene rings is 3. The SMILES string of the molecule is CCc1ccc(NC(=O)N[C@@H](Cc2ccccc2)C(=O)N2CCc3ccccc32)cc1. The summed E-state index contributed by atoms with van der Waals surface area (Å²) in [5, 5.41) is 5.76. The van der Waals surface area contributed by atoms with Gasteiger partial charge in [-0.25, -0.2) is 4.79 Å². The van der Waals surface area contributed by atoms with Crippen LogP contribution in [0.1, 0.15) is 23.6 Å². The van der Waals surface area contributed by atoms with Crippen LogP contribution in [0.2, 0.25) is 0 Å². The van der Waals surface area contributed by atoms with E-state index < -0.39 is 6.04 Å². The molecule has 1 aliphatic rings. The van der Waals surface area contributed by atoms with Gasteiger partial charge in [0.1, 0.15) is 6.04 Å². The van der Waals surface area contributed by atoms with Crippen molar-refractivity contribution in [3.63, 3.8) is 0 Å². The van der Waals surface area contributed by atoms with Crippen molar-refractivity contribution in [2.45, 2.75) is 32.2 Å². The fraction of sp³-hybridized carbons (Fsp3) is 0.231. The summed E-state index contributed by atoms with van der Waals surface area (Å²) in [5.74, 6) is -0.0923. The molecule has 2 N–H and O–H groups in total. The molecule has 0 bridgehead atoms. The van der Waals surface area contributed by atoms with Gasteiger partial charge >= 0.3 is 6.03 Å². The lowest BCUT2D eigenvalue weighted by Gasteiger charge is -2.25. The van der Waals surface area contributed by atoms with Gasteiger partial charge in [-0.3, -0.25) is 4.79 Å². The smallest absolute Gasteiger partial charge is 0.319 e. The molecule has 0 radical (unpaired) electrons. The molecule has 0 saturated heterocycles.